The normalized spacial score (nSPS) is 13.7. The fraction of sp³-hybridized carbons (Fsp3) is 0.333. The van der Waals surface area contributed by atoms with Crippen molar-refractivity contribution < 1.29 is 14.3 Å². The maximum atomic E-state index is 13.0. The zero-order valence-electron chi connectivity index (χ0n) is 16.2. The minimum atomic E-state index is -0.650. The molecule has 156 valence electrons. The lowest BCUT2D eigenvalue weighted by molar-refractivity contribution is 0.0479. The van der Waals surface area contributed by atoms with Gasteiger partial charge in [0.05, 0.1) is 15.4 Å². The first-order valence-electron chi connectivity index (χ1n) is 9.55. The third-order valence-electron chi connectivity index (χ3n) is 5.17. The fourth-order valence-electron chi connectivity index (χ4n) is 3.55. The summed E-state index contributed by atoms with van der Waals surface area (Å²) in [5, 5.41) is 1.04. The molecule has 0 saturated heterocycles. The number of carbonyl (C=O) groups excluding carboxylic acids is 2. The van der Waals surface area contributed by atoms with E-state index in [4.69, 9.17) is 27.9 Å². The van der Waals surface area contributed by atoms with Gasteiger partial charge in [-0.3, -0.25) is 14.2 Å². The average Bonchev–Trinajstić information content (AvgIpc) is 2.89. The van der Waals surface area contributed by atoms with Crippen molar-refractivity contribution >= 4 is 56.5 Å². The molecule has 30 heavy (non-hydrogen) atoms. The predicted octanol–water partition coefficient (Wildman–Crippen LogP) is 4.84. The first-order valence-corrected chi connectivity index (χ1v) is 11.1. The minimum absolute atomic E-state index is 0.114. The molecule has 0 aliphatic carbocycles. The lowest BCUT2D eigenvalue weighted by atomic mass is 10.1. The Balaban J connectivity index is 1.58. The number of rotatable bonds is 4. The van der Waals surface area contributed by atoms with Gasteiger partial charge in [-0.2, -0.15) is 0 Å². The number of ether oxygens (including phenoxy) is 1. The number of Topliss-reactive ketones (excluding diaryl/α,β-unsaturated/α-hetero) is 1. The van der Waals surface area contributed by atoms with E-state index in [1.165, 1.54) is 18.2 Å². The van der Waals surface area contributed by atoms with Gasteiger partial charge in [0.25, 0.3) is 5.56 Å². The molecule has 0 atom stereocenters. The lowest BCUT2D eigenvalue weighted by Crippen LogP contribution is -2.24. The summed E-state index contributed by atoms with van der Waals surface area (Å²) in [5.74, 6) is -0.282. The third-order valence-corrected chi connectivity index (χ3v) is 7.08. The van der Waals surface area contributed by atoms with Crippen molar-refractivity contribution in [3.63, 3.8) is 0 Å². The fourth-order valence-corrected chi connectivity index (χ4v) is 4.94. The number of benzene rings is 1. The molecule has 9 heteroatoms. The van der Waals surface area contributed by atoms with Crippen LogP contribution in [0.25, 0.3) is 10.2 Å². The lowest BCUT2D eigenvalue weighted by Gasteiger charge is -2.08. The van der Waals surface area contributed by atoms with Crippen LogP contribution < -0.4 is 5.56 Å². The number of hydrogen-bond donors (Lipinski definition) is 0. The van der Waals surface area contributed by atoms with E-state index in [9.17, 15) is 14.4 Å². The van der Waals surface area contributed by atoms with Gasteiger partial charge in [-0.15, -0.1) is 11.3 Å². The van der Waals surface area contributed by atoms with Gasteiger partial charge in [0.1, 0.15) is 15.5 Å². The number of fused-ring (bicyclic) bond motifs is 2. The van der Waals surface area contributed by atoms with Crippen LogP contribution in [0.1, 0.15) is 50.7 Å². The van der Waals surface area contributed by atoms with Gasteiger partial charge < -0.3 is 4.74 Å². The highest BCUT2D eigenvalue weighted by Crippen LogP contribution is 2.29. The molecular weight excluding hydrogens is 447 g/mol. The first-order chi connectivity index (χ1) is 14.4. The Kier molecular flexibility index (Phi) is 5.95. The highest BCUT2D eigenvalue weighted by Gasteiger charge is 2.23. The number of hydrogen-bond acceptors (Lipinski definition) is 6. The number of aryl methyl sites for hydroxylation is 2. The van der Waals surface area contributed by atoms with Gasteiger partial charge in [-0.25, -0.2) is 9.78 Å². The van der Waals surface area contributed by atoms with E-state index in [1.54, 1.807) is 11.5 Å². The van der Waals surface area contributed by atoms with Gasteiger partial charge >= 0.3 is 5.97 Å². The second-order valence-corrected chi connectivity index (χ2v) is 8.97. The number of aromatic nitrogens is 2. The molecule has 0 fully saturated rings. The van der Waals surface area contributed by atoms with Gasteiger partial charge in [-0.1, -0.05) is 29.6 Å². The average molecular weight is 465 g/mol. The van der Waals surface area contributed by atoms with Crippen LogP contribution in [0.15, 0.2) is 23.0 Å². The Morgan fingerprint density at radius 3 is 2.77 bits per heavy atom. The SMILES string of the molecule is Cc1c(C(=O)OCC(=O)c2ccc(Cl)c(Cl)c2)sc2nc3n(c(=O)c12)CCCCC3. The molecular formula is C21H18Cl2N2O4S. The topological polar surface area (TPSA) is 78.3 Å². The van der Waals surface area contributed by atoms with Crippen molar-refractivity contribution in [2.75, 3.05) is 6.61 Å². The smallest absolute Gasteiger partial charge is 0.349 e. The molecule has 4 rings (SSSR count). The molecule has 3 aromatic rings. The van der Waals surface area contributed by atoms with E-state index >= 15 is 0 Å². The number of carbonyl (C=O) groups is 2. The molecule has 6 nitrogen and oxygen atoms in total. The minimum Gasteiger partial charge on any atom is -0.453 e. The highest BCUT2D eigenvalue weighted by molar-refractivity contribution is 7.20. The zero-order chi connectivity index (χ0) is 21.4. The number of nitrogens with zero attached hydrogens (tertiary/aromatic N) is 2. The zero-order valence-corrected chi connectivity index (χ0v) is 18.5. The van der Waals surface area contributed by atoms with E-state index in [0.717, 1.165) is 42.8 Å². The standard InChI is InChI=1S/C21H18Cl2N2O4S/c1-11-17-19(24-16-5-3-2-4-8-25(16)20(17)27)30-18(11)21(28)29-10-15(26)12-6-7-13(22)14(23)9-12/h6-7,9H,2-5,8,10H2,1H3. The Hall–Kier alpha value is -2.22. The summed E-state index contributed by atoms with van der Waals surface area (Å²) in [5.41, 5.74) is 0.726. The van der Waals surface area contributed by atoms with Crippen molar-refractivity contribution in [3.05, 3.63) is 60.4 Å². The van der Waals surface area contributed by atoms with E-state index in [1.807, 2.05) is 0 Å². The van der Waals surface area contributed by atoms with E-state index in [0.29, 0.717) is 32.9 Å². The monoisotopic (exact) mass is 464 g/mol. The molecule has 0 saturated carbocycles. The van der Waals surface area contributed by atoms with Crippen molar-refractivity contribution in [1.82, 2.24) is 9.55 Å². The molecule has 2 aromatic heterocycles. The van der Waals surface area contributed by atoms with E-state index < -0.39 is 18.4 Å². The van der Waals surface area contributed by atoms with Gasteiger partial charge in [0.2, 0.25) is 0 Å². The molecule has 0 radical (unpaired) electrons. The molecule has 0 spiro atoms. The molecule has 3 heterocycles. The summed E-state index contributed by atoms with van der Waals surface area (Å²) >= 11 is 12.9. The molecule has 0 N–H and O–H groups in total. The van der Waals surface area contributed by atoms with Gasteiger partial charge in [0, 0.05) is 18.5 Å². The summed E-state index contributed by atoms with van der Waals surface area (Å²) < 4.78 is 6.94. The molecule has 1 aliphatic heterocycles. The van der Waals surface area contributed by atoms with Crippen LogP contribution in [0.3, 0.4) is 0 Å². The maximum Gasteiger partial charge on any atom is 0.349 e. The molecule has 1 aliphatic rings. The molecule has 0 unspecified atom stereocenters. The quantitative estimate of drug-likeness (QED) is 0.407. The van der Waals surface area contributed by atoms with Crippen LogP contribution in [0.4, 0.5) is 0 Å². The molecule has 0 amide bonds. The Bertz CT molecular complexity index is 1230. The highest BCUT2D eigenvalue weighted by atomic mass is 35.5. The van der Waals surface area contributed by atoms with Crippen molar-refractivity contribution in [3.8, 4) is 0 Å². The predicted molar refractivity (Wildman–Crippen MR) is 117 cm³/mol. The van der Waals surface area contributed by atoms with Crippen LogP contribution in [-0.4, -0.2) is 27.9 Å². The largest absolute Gasteiger partial charge is 0.453 e. The second kappa shape index (κ2) is 8.49. The van der Waals surface area contributed by atoms with Crippen LogP contribution in [0.2, 0.25) is 10.0 Å². The Labute approximate surface area is 186 Å². The van der Waals surface area contributed by atoms with Gasteiger partial charge in [0.15, 0.2) is 12.4 Å². The maximum absolute atomic E-state index is 13.0. The summed E-state index contributed by atoms with van der Waals surface area (Å²) in [7, 11) is 0. The Morgan fingerprint density at radius 1 is 1.20 bits per heavy atom. The van der Waals surface area contributed by atoms with Crippen molar-refractivity contribution in [2.24, 2.45) is 0 Å². The summed E-state index contributed by atoms with van der Waals surface area (Å²) in [4.78, 5) is 43.4. The molecule has 1 aromatic carbocycles. The van der Waals surface area contributed by atoms with Crippen LogP contribution >= 0.6 is 34.5 Å². The van der Waals surface area contributed by atoms with Crippen molar-refractivity contribution in [1.29, 1.82) is 0 Å². The van der Waals surface area contributed by atoms with Crippen LogP contribution in [0, 0.1) is 6.92 Å². The number of ketones is 1. The van der Waals surface area contributed by atoms with Gasteiger partial charge in [-0.05, 0) is 43.5 Å². The number of esters is 1. The summed E-state index contributed by atoms with van der Waals surface area (Å²) in [6.45, 7) is 1.92. The Morgan fingerprint density at radius 2 is 2.00 bits per heavy atom. The van der Waals surface area contributed by atoms with Crippen molar-refractivity contribution in [2.45, 2.75) is 39.2 Å². The summed E-state index contributed by atoms with van der Waals surface area (Å²) in [6.07, 6.45) is 3.75. The second-order valence-electron chi connectivity index (χ2n) is 7.16. The summed E-state index contributed by atoms with van der Waals surface area (Å²) in [6, 6.07) is 4.47. The number of thiophene rings is 1. The number of halogens is 2. The third kappa shape index (κ3) is 3.89. The first kappa shape index (κ1) is 21.0. The van der Waals surface area contributed by atoms with Crippen LogP contribution in [0.5, 0.6) is 0 Å². The molecule has 0 bridgehead atoms. The van der Waals surface area contributed by atoms with E-state index in [2.05, 4.69) is 4.98 Å². The van der Waals surface area contributed by atoms with E-state index in [-0.39, 0.29) is 15.5 Å². The van der Waals surface area contributed by atoms with Crippen LogP contribution in [-0.2, 0) is 17.7 Å².